The highest BCUT2D eigenvalue weighted by molar-refractivity contribution is 7.90. The third-order valence-electron chi connectivity index (χ3n) is 4.36. The Kier molecular flexibility index (Phi) is 5.31. The van der Waals surface area contributed by atoms with E-state index in [9.17, 15) is 13.2 Å². The first-order valence-electron chi connectivity index (χ1n) is 7.79. The van der Waals surface area contributed by atoms with Crippen LogP contribution >= 0.6 is 0 Å². The summed E-state index contributed by atoms with van der Waals surface area (Å²) in [4.78, 5) is 14.3. The third-order valence-corrected chi connectivity index (χ3v) is 6.18. The molecule has 0 saturated carbocycles. The number of amides is 1. The minimum atomic E-state index is -3.52. The van der Waals surface area contributed by atoms with Crippen molar-refractivity contribution in [1.82, 2.24) is 9.21 Å². The zero-order chi connectivity index (χ0) is 17.2. The Bertz CT molecular complexity index is 648. The average Bonchev–Trinajstić information content (AvgIpc) is 2.54. The minimum Gasteiger partial charge on any atom is -0.339 e. The summed E-state index contributed by atoms with van der Waals surface area (Å²) < 4.78 is 26.6. The molecule has 0 radical (unpaired) electrons. The van der Waals surface area contributed by atoms with Crippen molar-refractivity contribution in [3.8, 4) is 0 Å². The highest BCUT2D eigenvalue weighted by Crippen LogP contribution is 2.21. The van der Waals surface area contributed by atoms with Crippen LogP contribution in [-0.2, 0) is 10.2 Å². The molecule has 2 rings (SSSR count). The summed E-state index contributed by atoms with van der Waals surface area (Å²) in [7, 11) is 0.954. The fraction of sp³-hybridized carbons (Fsp3) is 0.562. The van der Waals surface area contributed by atoms with Crippen LogP contribution in [0.4, 0.5) is 5.69 Å². The van der Waals surface area contributed by atoms with Crippen LogP contribution in [0.5, 0.6) is 0 Å². The number of hydrogen-bond acceptors (Lipinski definition) is 3. The average molecular weight is 339 g/mol. The van der Waals surface area contributed by atoms with Gasteiger partial charge in [-0.2, -0.15) is 12.7 Å². The van der Waals surface area contributed by atoms with E-state index < -0.39 is 10.2 Å². The lowest BCUT2D eigenvalue weighted by molar-refractivity contribution is 0.0697. The van der Waals surface area contributed by atoms with Crippen LogP contribution in [0.25, 0.3) is 0 Å². The molecule has 23 heavy (non-hydrogen) atoms. The molecule has 1 amide bonds. The first-order chi connectivity index (χ1) is 10.7. The number of nitrogens with zero attached hydrogens (tertiary/aromatic N) is 3. The molecule has 1 aromatic rings. The van der Waals surface area contributed by atoms with Crippen molar-refractivity contribution in [3.63, 3.8) is 0 Å². The number of benzene rings is 1. The van der Waals surface area contributed by atoms with Gasteiger partial charge in [-0.3, -0.25) is 9.10 Å². The summed E-state index contributed by atoms with van der Waals surface area (Å²) in [6.45, 7) is 3.78. The number of hydrogen-bond donors (Lipinski definition) is 0. The van der Waals surface area contributed by atoms with Crippen LogP contribution in [0.1, 0.15) is 30.1 Å². The molecule has 0 bridgehead atoms. The Morgan fingerprint density at radius 2 is 1.61 bits per heavy atom. The first kappa shape index (κ1) is 17.7. The fourth-order valence-electron chi connectivity index (χ4n) is 2.59. The van der Waals surface area contributed by atoms with Crippen molar-refractivity contribution in [2.24, 2.45) is 5.92 Å². The van der Waals surface area contributed by atoms with E-state index in [1.54, 1.807) is 24.3 Å². The Morgan fingerprint density at radius 3 is 2.09 bits per heavy atom. The van der Waals surface area contributed by atoms with Crippen molar-refractivity contribution in [1.29, 1.82) is 0 Å². The van der Waals surface area contributed by atoms with Crippen molar-refractivity contribution < 1.29 is 13.2 Å². The smallest absolute Gasteiger partial charge is 0.303 e. The van der Waals surface area contributed by atoms with Crippen molar-refractivity contribution in [2.45, 2.75) is 19.8 Å². The summed E-state index contributed by atoms with van der Waals surface area (Å²) in [6, 6.07) is 6.72. The summed E-state index contributed by atoms with van der Waals surface area (Å²) in [6.07, 6.45) is 2.07. The predicted molar refractivity (Wildman–Crippen MR) is 91.8 cm³/mol. The van der Waals surface area contributed by atoms with Gasteiger partial charge in [-0.15, -0.1) is 0 Å². The number of rotatable bonds is 4. The largest absolute Gasteiger partial charge is 0.339 e. The van der Waals surface area contributed by atoms with E-state index in [1.807, 2.05) is 4.90 Å². The molecule has 0 atom stereocenters. The molecule has 1 aliphatic rings. The van der Waals surface area contributed by atoms with E-state index in [4.69, 9.17) is 0 Å². The molecular formula is C16H25N3O3S. The summed E-state index contributed by atoms with van der Waals surface area (Å²) in [5, 5.41) is 0. The minimum absolute atomic E-state index is 0.0153. The van der Waals surface area contributed by atoms with Crippen molar-refractivity contribution >= 4 is 21.8 Å². The maximum atomic E-state index is 12.5. The second-order valence-corrected chi connectivity index (χ2v) is 8.45. The quantitative estimate of drug-likeness (QED) is 0.840. The van der Waals surface area contributed by atoms with Gasteiger partial charge in [0.25, 0.3) is 5.91 Å². The number of carbonyl (C=O) groups is 1. The Morgan fingerprint density at radius 1 is 1.09 bits per heavy atom. The van der Waals surface area contributed by atoms with Gasteiger partial charge in [0.1, 0.15) is 0 Å². The summed E-state index contributed by atoms with van der Waals surface area (Å²) in [5.74, 6) is 0.688. The predicted octanol–water partition coefficient (Wildman–Crippen LogP) is 1.80. The number of piperidine rings is 1. The number of anilines is 1. The normalized spacial score (nSPS) is 16.7. The monoisotopic (exact) mass is 339 g/mol. The summed E-state index contributed by atoms with van der Waals surface area (Å²) in [5.41, 5.74) is 1.13. The summed E-state index contributed by atoms with van der Waals surface area (Å²) >= 11 is 0. The van der Waals surface area contributed by atoms with E-state index in [2.05, 4.69) is 6.92 Å². The topological polar surface area (TPSA) is 60.9 Å². The van der Waals surface area contributed by atoms with E-state index in [0.717, 1.165) is 30.2 Å². The van der Waals surface area contributed by atoms with Gasteiger partial charge in [0.2, 0.25) is 0 Å². The Hall–Kier alpha value is -1.60. The molecule has 1 fully saturated rings. The lowest BCUT2D eigenvalue weighted by Gasteiger charge is -2.30. The van der Waals surface area contributed by atoms with E-state index >= 15 is 0 Å². The van der Waals surface area contributed by atoms with E-state index in [-0.39, 0.29) is 5.91 Å². The maximum absolute atomic E-state index is 12.5. The van der Waals surface area contributed by atoms with Crippen LogP contribution in [0, 0.1) is 5.92 Å². The molecule has 1 heterocycles. The molecule has 1 aromatic carbocycles. The maximum Gasteiger partial charge on any atom is 0.303 e. The molecule has 7 heteroatoms. The second kappa shape index (κ2) is 6.88. The van der Waals surface area contributed by atoms with Gasteiger partial charge < -0.3 is 4.90 Å². The van der Waals surface area contributed by atoms with Gasteiger partial charge in [0, 0.05) is 39.8 Å². The molecular weight excluding hydrogens is 314 g/mol. The van der Waals surface area contributed by atoms with Crippen LogP contribution < -0.4 is 4.31 Å². The molecule has 0 N–H and O–H groups in total. The first-order valence-corrected chi connectivity index (χ1v) is 9.19. The van der Waals surface area contributed by atoms with E-state index in [0.29, 0.717) is 17.2 Å². The van der Waals surface area contributed by atoms with Crippen molar-refractivity contribution in [2.75, 3.05) is 38.5 Å². The SMILES string of the molecule is CC1CCN(C(=O)c2ccc(N(C)S(=O)(=O)N(C)C)cc2)CC1. The molecule has 1 aliphatic heterocycles. The number of likely N-dealkylation sites (tertiary alicyclic amines) is 1. The van der Waals surface area contributed by atoms with Gasteiger partial charge in [-0.25, -0.2) is 0 Å². The zero-order valence-corrected chi connectivity index (χ0v) is 15.0. The molecule has 0 aliphatic carbocycles. The highest BCUT2D eigenvalue weighted by atomic mass is 32.2. The number of carbonyl (C=O) groups excluding carboxylic acids is 1. The third kappa shape index (κ3) is 3.84. The lowest BCUT2D eigenvalue weighted by Crippen LogP contribution is -2.38. The Balaban J connectivity index is 2.12. The van der Waals surface area contributed by atoms with Crippen LogP contribution in [0.3, 0.4) is 0 Å². The fourth-order valence-corrected chi connectivity index (χ4v) is 3.46. The standard InChI is InChI=1S/C16H25N3O3S/c1-13-9-11-19(12-10-13)16(20)14-5-7-15(8-6-14)18(4)23(21,22)17(2)3/h5-8,13H,9-12H2,1-4H3. The molecule has 0 aromatic heterocycles. The van der Waals surface area contributed by atoms with Gasteiger partial charge in [0.05, 0.1) is 5.69 Å². The molecule has 0 unspecified atom stereocenters. The van der Waals surface area contributed by atoms with Gasteiger partial charge >= 0.3 is 10.2 Å². The second-order valence-electron chi connectivity index (χ2n) is 6.28. The van der Waals surface area contributed by atoms with Crippen LogP contribution in [0.15, 0.2) is 24.3 Å². The lowest BCUT2D eigenvalue weighted by atomic mass is 9.98. The van der Waals surface area contributed by atoms with Gasteiger partial charge in [-0.05, 0) is 43.0 Å². The van der Waals surface area contributed by atoms with Crippen LogP contribution in [0.2, 0.25) is 0 Å². The van der Waals surface area contributed by atoms with Crippen molar-refractivity contribution in [3.05, 3.63) is 29.8 Å². The van der Waals surface area contributed by atoms with E-state index in [1.165, 1.54) is 25.4 Å². The molecule has 1 saturated heterocycles. The van der Waals surface area contributed by atoms with Gasteiger partial charge in [0.15, 0.2) is 0 Å². The zero-order valence-electron chi connectivity index (χ0n) is 14.2. The van der Waals surface area contributed by atoms with Crippen LogP contribution in [-0.4, -0.2) is 57.8 Å². The van der Waals surface area contributed by atoms with Gasteiger partial charge in [-0.1, -0.05) is 6.92 Å². The molecule has 0 spiro atoms. The molecule has 6 nitrogen and oxygen atoms in total. The highest BCUT2D eigenvalue weighted by Gasteiger charge is 2.23. The molecule has 128 valence electrons. The Labute approximate surface area is 138 Å².